The number of amides is 2. The average molecular weight is 528 g/mol. The summed E-state index contributed by atoms with van der Waals surface area (Å²) in [6.07, 6.45) is 0.846. The number of pyridine rings is 1. The molecule has 1 saturated heterocycles. The zero-order valence-electron chi connectivity index (χ0n) is 21.6. The van der Waals surface area contributed by atoms with E-state index in [4.69, 9.17) is 25.8 Å². The van der Waals surface area contributed by atoms with E-state index in [0.29, 0.717) is 52.5 Å². The summed E-state index contributed by atoms with van der Waals surface area (Å²) in [5, 5.41) is 6.60. The molecule has 0 saturated carbocycles. The van der Waals surface area contributed by atoms with Gasteiger partial charge in [-0.3, -0.25) is 4.90 Å². The van der Waals surface area contributed by atoms with Gasteiger partial charge in [-0.15, -0.1) is 0 Å². The average Bonchev–Trinajstić information content (AvgIpc) is 2.89. The number of likely N-dealkylation sites (N-methyl/N-ethyl adjacent to an activating group) is 1. The number of methoxy groups -OCH3 is 1. The van der Waals surface area contributed by atoms with Gasteiger partial charge >= 0.3 is 6.03 Å². The molecule has 1 aromatic heterocycles. The summed E-state index contributed by atoms with van der Waals surface area (Å²) in [7, 11) is 3.75. The number of anilines is 1. The number of aromatic nitrogens is 1. The molecule has 37 heavy (non-hydrogen) atoms. The minimum absolute atomic E-state index is 0.305. The first-order valence-corrected chi connectivity index (χ1v) is 12.9. The first kappa shape index (κ1) is 26.8. The van der Waals surface area contributed by atoms with Crippen molar-refractivity contribution in [2.45, 2.75) is 13.3 Å². The van der Waals surface area contributed by atoms with E-state index in [9.17, 15) is 4.79 Å². The summed E-state index contributed by atoms with van der Waals surface area (Å²) in [5.41, 5.74) is 1.19. The number of nitrogens with one attached hydrogen (secondary N) is 2. The van der Waals surface area contributed by atoms with Crippen LogP contribution in [0.2, 0.25) is 5.02 Å². The van der Waals surface area contributed by atoms with Gasteiger partial charge in [0.25, 0.3) is 0 Å². The molecule has 0 spiro atoms. The zero-order valence-corrected chi connectivity index (χ0v) is 22.3. The molecule has 1 aliphatic rings. The van der Waals surface area contributed by atoms with Crippen LogP contribution in [0.4, 0.5) is 10.5 Å². The van der Waals surface area contributed by atoms with Gasteiger partial charge in [-0.1, -0.05) is 24.6 Å². The molecule has 1 aliphatic heterocycles. The van der Waals surface area contributed by atoms with Gasteiger partial charge in [0.05, 0.1) is 28.7 Å². The Labute approximate surface area is 222 Å². The van der Waals surface area contributed by atoms with Crippen LogP contribution in [0.5, 0.6) is 23.1 Å². The Morgan fingerprint density at radius 3 is 2.65 bits per heavy atom. The molecular formula is C27H34ClN5O4. The molecular weight excluding hydrogens is 494 g/mol. The van der Waals surface area contributed by atoms with Gasteiger partial charge in [0.15, 0.2) is 0 Å². The maximum atomic E-state index is 12.0. The number of carbonyl (C=O) groups excluding carboxylic acids is 1. The predicted molar refractivity (Wildman–Crippen MR) is 147 cm³/mol. The minimum atomic E-state index is -0.305. The van der Waals surface area contributed by atoms with Crippen molar-refractivity contribution in [2.75, 3.05) is 65.3 Å². The van der Waals surface area contributed by atoms with Gasteiger partial charge in [0.2, 0.25) is 5.88 Å². The van der Waals surface area contributed by atoms with Crippen molar-refractivity contribution in [1.82, 2.24) is 20.1 Å². The Kier molecular flexibility index (Phi) is 9.27. The normalized spacial score (nSPS) is 14.4. The van der Waals surface area contributed by atoms with E-state index in [0.717, 1.165) is 44.5 Å². The summed E-state index contributed by atoms with van der Waals surface area (Å²) >= 11 is 6.44. The second-order valence-electron chi connectivity index (χ2n) is 8.93. The van der Waals surface area contributed by atoms with E-state index in [1.165, 1.54) is 0 Å². The number of hydrogen-bond acceptors (Lipinski definition) is 7. The monoisotopic (exact) mass is 527 g/mol. The maximum Gasteiger partial charge on any atom is 0.319 e. The fourth-order valence-corrected chi connectivity index (χ4v) is 4.28. The molecule has 4 rings (SSSR count). The topological polar surface area (TPSA) is 88.2 Å². The van der Waals surface area contributed by atoms with E-state index < -0.39 is 0 Å². The minimum Gasteiger partial charge on any atom is -0.496 e. The first-order chi connectivity index (χ1) is 18.0. The van der Waals surface area contributed by atoms with Crippen LogP contribution in [0.3, 0.4) is 0 Å². The lowest BCUT2D eigenvalue weighted by atomic mass is 10.2. The second kappa shape index (κ2) is 12.8. The van der Waals surface area contributed by atoms with Crippen molar-refractivity contribution in [3.05, 3.63) is 47.5 Å². The van der Waals surface area contributed by atoms with Crippen LogP contribution in [0.1, 0.15) is 13.3 Å². The van der Waals surface area contributed by atoms with Crippen LogP contribution in [-0.4, -0.2) is 80.8 Å². The number of carbonyl (C=O) groups is 1. The van der Waals surface area contributed by atoms with Crippen LogP contribution in [0.25, 0.3) is 10.9 Å². The summed E-state index contributed by atoms with van der Waals surface area (Å²) in [5.74, 6) is 2.16. The number of nitrogens with zero attached hydrogens (tertiary/aromatic N) is 3. The lowest BCUT2D eigenvalue weighted by Gasteiger charge is -2.32. The Balaban J connectivity index is 1.52. The number of ether oxygens (including phenoxy) is 3. The van der Waals surface area contributed by atoms with E-state index in [2.05, 4.69) is 32.5 Å². The molecule has 0 aliphatic carbocycles. The maximum absolute atomic E-state index is 12.0. The predicted octanol–water partition coefficient (Wildman–Crippen LogP) is 4.85. The van der Waals surface area contributed by atoms with Gasteiger partial charge in [0, 0.05) is 51.4 Å². The van der Waals surface area contributed by atoms with Gasteiger partial charge in [-0.2, -0.15) is 0 Å². The van der Waals surface area contributed by atoms with Crippen molar-refractivity contribution < 1.29 is 19.0 Å². The molecule has 2 amide bonds. The lowest BCUT2D eigenvalue weighted by molar-refractivity contribution is 0.132. The van der Waals surface area contributed by atoms with Crippen molar-refractivity contribution in [3.8, 4) is 23.1 Å². The van der Waals surface area contributed by atoms with Crippen LogP contribution >= 0.6 is 11.6 Å². The Bertz CT molecular complexity index is 1220. The Morgan fingerprint density at radius 2 is 1.92 bits per heavy atom. The zero-order chi connectivity index (χ0) is 26.2. The van der Waals surface area contributed by atoms with E-state index in [1.807, 2.05) is 25.1 Å². The van der Waals surface area contributed by atoms with Crippen molar-refractivity contribution in [1.29, 1.82) is 0 Å². The molecule has 0 atom stereocenters. The fourth-order valence-electron chi connectivity index (χ4n) is 4.06. The second-order valence-corrected chi connectivity index (χ2v) is 9.34. The number of hydrogen-bond donors (Lipinski definition) is 2. The molecule has 2 heterocycles. The molecule has 198 valence electrons. The highest BCUT2D eigenvalue weighted by Gasteiger charge is 2.16. The van der Waals surface area contributed by atoms with Gasteiger partial charge < -0.3 is 29.7 Å². The fraction of sp³-hybridized carbons (Fsp3) is 0.407. The van der Waals surface area contributed by atoms with E-state index >= 15 is 0 Å². The highest BCUT2D eigenvalue weighted by molar-refractivity contribution is 6.33. The number of urea groups is 1. The first-order valence-electron chi connectivity index (χ1n) is 12.5. The Morgan fingerprint density at radius 1 is 1.11 bits per heavy atom. The molecule has 10 heteroatoms. The molecule has 1 fully saturated rings. The number of rotatable bonds is 10. The lowest BCUT2D eigenvalue weighted by Crippen LogP contribution is -2.45. The quantitative estimate of drug-likeness (QED) is 0.390. The summed E-state index contributed by atoms with van der Waals surface area (Å²) in [6, 6.07) is 12.2. The molecule has 0 bridgehead atoms. The van der Waals surface area contributed by atoms with Crippen molar-refractivity contribution >= 4 is 34.2 Å². The largest absolute Gasteiger partial charge is 0.496 e. The smallest absolute Gasteiger partial charge is 0.319 e. The van der Waals surface area contributed by atoms with Gasteiger partial charge in [-0.25, -0.2) is 9.78 Å². The highest BCUT2D eigenvalue weighted by atomic mass is 35.5. The molecule has 9 nitrogen and oxygen atoms in total. The third-order valence-corrected chi connectivity index (χ3v) is 6.47. The van der Waals surface area contributed by atoms with Crippen LogP contribution < -0.4 is 24.8 Å². The number of fused-ring (bicyclic) bond motifs is 1. The molecule has 0 unspecified atom stereocenters. The molecule has 3 aromatic rings. The standard InChI is InChI=1S/C27H34ClN5O4/c1-4-10-29-27(34)31-21-9-8-19(17-20(21)28)37-24-18-25(30-22-6-5-7-23(35-3)26(22)24)36-16-15-33-13-11-32(2)12-14-33/h5-9,17-18H,4,10-16H2,1-3H3,(H2,29,31,34). The third-order valence-electron chi connectivity index (χ3n) is 6.16. The Hall–Kier alpha value is -3.27. The molecule has 0 radical (unpaired) electrons. The van der Waals surface area contributed by atoms with E-state index in [-0.39, 0.29) is 6.03 Å². The number of benzene rings is 2. The van der Waals surface area contributed by atoms with E-state index in [1.54, 1.807) is 31.4 Å². The van der Waals surface area contributed by atoms with Gasteiger partial charge in [-0.05, 0) is 37.7 Å². The summed E-state index contributed by atoms with van der Waals surface area (Å²) in [6.45, 7) is 8.11. The van der Waals surface area contributed by atoms with Crippen LogP contribution in [0.15, 0.2) is 42.5 Å². The number of piperazine rings is 1. The van der Waals surface area contributed by atoms with Crippen molar-refractivity contribution in [3.63, 3.8) is 0 Å². The molecule has 2 aromatic carbocycles. The highest BCUT2D eigenvalue weighted by Crippen LogP contribution is 2.39. The van der Waals surface area contributed by atoms with Crippen LogP contribution in [0, 0.1) is 0 Å². The van der Waals surface area contributed by atoms with Gasteiger partial charge in [0.1, 0.15) is 23.9 Å². The summed E-state index contributed by atoms with van der Waals surface area (Å²) < 4.78 is 17.9. The van der Waals surface area contributed by atoms with Crippen LogP contribution in [-0.2, 0) is 0 Å². The van der Waals surface area contributed by atoms with Crippen molar-refractivity contribution in [2.24, 2.45) is 0 Å². The summed E-state index contributed by atoms with van der Waals surface area (Å²) in [4.78, 5) is 21.4. The molecule has 2 N–H and O–H groups in total. The SMILES string of the molecule is CCCNC(=O)Nc1ccc(Oc2cc(OCCN3CCN(C)CC3)nc3cccc(OC)c23)cc1Cl. The third kappa shape index (κ3) is 7.15. The number of halogens is 1.